The van der Waals surface area contributed by atoms with Gasteiger partial charge in [-0.05, 0) is 39.9 Å². The first kappa shape index (κ1) is 9.44. The van der Waals surface area contributed by atoms with Crippen LogP contribution in [0.3, 0.4) is 0 Å². The van der Waals surface area contributed by atoms with E-state index >= 15 is 0 Å². The highest BCUT2D eigenvalue weighted by Gasteiger charge is 2.38. The van der Waals surface area contributed by atoms with E-state index in [1.807, 2.05) is 0 Å². The van der Waals surface area contributed by atoms with Crippen molar-refractivity contribution in [2.24, 2.45) is 5.92 Å². The van der Waals surface area contributed by atoms with E-state index < -0.39 is 0 Å². The smallest absolute Gasteiger partial charge is 0.119 e. The summed E-state index contributed by atoms with van der Waals surface area (Å²) in [6, 6.07) is 0. The largest absolute Gasteiger partial charge is 0.359 e. The number of hydrogen-bond acceptors (Lipinski definition) is 3. The Morgan fingerprint density at radius 3 is 2.62 bits per heavy atom. The Labute approximate surface area is 80.4 Å². The molecule has 2 rings (SSSR count). The number of rotatable bonds is 1. The second kappa shape index (κ2) is 3.56. The van der Waals surface area contributed by atoms with E-state index in [1.165, 1.54) is 25.9 Å². The Bertz CT molecular complexity index is 170. The van der Waals surface area contributed by atoms with Crippen molar-refractivity contribution in [2.45, 2.75) is 25.5 Å². The molecule has 0 aliphatic carbocycles. The lowest BCUT2D eigenvalue weighted by Gasteiger charge is -2.38. The quantitative estimate of drug-likeness (QED) is 0.648. The summed E-state index contributed by atoms with van der Waals surface area (Å²) in [5.41, 5.74) is -0.0265. The first-order chi connectivity index (χ1) is 6.21. The number of likely N-dealkylation sites (tertiary alicyclic amines) is 1. The van der Waals surface area contributed by atoms with E-state index in [2.05, 4.69) is 24.2 Å². The molecule has 2 heterocycles. The molecule has 0 aromatic carbocycles. The fraction of sp³-hybridized carbons (Fsp3) is 1.00. The molecule has 0 spiro atoms. The predicted octanol–water partition coefficient (Wildman–Crippen LogP) is 0.664. The van der Waals surface area contributed by atoms with Gasteiger partial charge >= 0.3 is 0 Å². The summed E-state index contributed by atoms with van der Waals surface area (Å²) in [6.45, 7) is 6.53. The van der Waals surface area contributed by atoms with Crippen molar-refractivity contribution >= 4 is 0 Å². The van der Waals surface area contributed by atoms with E-state index in [0.717, 1.165) is 13.2 Å². The molecule has 0 aromatic heterocycles. The van der Waals surface area contributed by atoms with Crippen LogP contribution in [0.2, 0.25) is 0 Å². The molecule has 2 fully saturated rings. The first-order valence-corrected chi connectivity index (χ1v) is 5.28. The minimum atomic E-state index is -0.0265. The zero-order valence-corrected chi connectivity index (χ0v) is 8.68. The summed E-state index contributed by atoms with van der Waals surface area (Å²) < 4.78 is 5.79. The molecule has 0 radical (unpaired) electrons. The Morgan fingerprint density at radius 2 is 2.08 bits per heavy atom. The van der Waals surface area contributed by atoms with E-state index in [-0.39, 0.29) is 5.72 Å². The minimum absolute atomic E-state index is 0.0265. The lowest BCUT2D eigenvalue weighted by molar-refractivity contribution is -0.0604. The van der Waals surface area contributed by atoms with Crippen LogP contribution in [0.4, 0.5) is 0 Å². The van der Waals surface area contributed by atoms with Crippen LogP contribution < -0.4 is 5.32 Å². The summed E-state index contributed by atoms with van der Waals surface area (Å²) in [4.78, 5) is 2.40. The molecule has 3 heteroatoms. The predicted molar refractivity (Wildman–Crippen MR) is 52.6 cm³/mol. The van der Waals surface area contributed by atoms with Gasteiger partial charge in [-0.25, -0.2) is 0 Å². The Kier molecular flexibility index (Phi) is 2.58. The van der Waals surface area contributed by atoms with Crippen molar-refractivity contribution in [1.82, 2.24) is 10.2 Å². The molecule has 2 aliphatic heterocycles. The maximum atomic E-state index is 5.79. The fourth-order valence-corrected chi connectivity index (χ4v) is 2.43. The molecule has 2 aliphatic rings. The van der Waals surface area contributed by atoms with Crippen molar-refractivity contribution < 1.29 is 4.74 Å². The zero-order chi connectivity index (χ0) is 9.31. The highest BCUT2D eigenvalue weighted by atomic mass is 16.5. The number of nitrogens with one attached hydrogen (secondary N) is 1. The molecule has 2 saturated heterocycles. The van der Waals surface area contributed by atoms with Crippen molar-refractivity contribution in [1.29, 1.82) is 0 Å². The number of ether oxygens (including phenoxy) is 1. The van der Waals surface area contributed by atoms with Crippen LogP contribution in [0, 0.1) is 5.92 Å². The Hall–Kier alpha value is -0.120. The van der Waals surface area contributed by atoms with Gasteiger partial charge in [-0.15, -0.1) is 0 Å². The topological polar surface area (TPSA) is 24.5 Å². The van der Waals surface area contributed by atoms with Crippen molar-refractivity contribution in [3.63, 3.8) is 0 Å². The fourth-order valence-electron chi connectivity index (χ4n) is 2.43. The number of hydrogen-bond donors (Lipinski definition) is 1. The average molecular weight is 184 g/mol. The summed E-state index contributed by atoms with van der Waals surface area (Å²) in [5, 5.41) is 3.48. The maximum absolute atomic E-state index is 5.79. The molecule has 1 N–H and O–H groups in total. The van der Waals surface area contributed by atoms with Gasteiger partial charge in [0.05, 0.1) is 6.61 Å². The molecular formula is C10H20N2O. The summed E-state index contributed by atoms with van der Waals surface area (Å²) >= 11 is 0. The second-order valence-electron chi connectivity index (χ2n) is 4.46. The average Bonchev–Trinajstić information content (AvgIpc) is 2.54. The van der Waals surface area contributed by atoms with E-state index in [9.17, 15) is 0 Å². The highest BCUT2D eigenvalue weighted by Crippen LogP contribution is 2.30. The van der Waals surface area contributed by atoms with Crippen LogP contribution in [0.15, 0.2) is 0 Å². The standard InChI is InChI=1S/C10H20N2O/c1-10(11-5-8-13-10)9-3-6-12(2)7-4-9/h9,11H,3-8H2,1-2H3. The second-order valence-corrected chi connectivity index (χ2v) is 4.46. The van der Waals surface area contributed by atoms with Gasteiger partial charge in [0.1, 0.15) is 5.72 Å². The Balaban J connectivity index is 1.93. The highest BCUT2D eigenvalue weighted by molar-refractivity contribution is 4.88. The van der Waals surface area contributed by atoms with Gasteiger partial charge < -0.3 is 9.64 Å². The summed E-state index contributed by atoms with van der Waals surface area (Å²) in [7, 11) is 2.20. The molecule has 0 amide bonds. The van der Waals surface area contributed by atoms with E-state index in [1.54, 1.807) is 0 Å². The van der Waals surface area contributed by atoms with Crippen molar-refractivity contribution in [2.75, 3.05) is 33.3 Å². The van der Waals surface area contributed by atoms with Gasteiger partial charge in [-0.3, -0.25) is 5.32 Å². The van der Waals surface area contributed by atoms with Crippen LogP contribution >= 0.6 is 0 Å². The van der Waals surface area contributed by atoms with Gasteiger partial charge in [0.15, 0.2) is 0 Å². The molecule has 76 valence electrons. The van der Waals surface area contributed by atoms with Gasteiger partial charge in [-0.2, -0.15) is 0 Å². The van der Waals surface area contributed by atoms with Gasteiger partial charge in [0.25, 0.3) is 0 Å². The van der Waals surface area contributed by atoms with Crippen LogP contribution in [0.25, 0.3) is 0 Å². The molecule has 0 saturated carbocycles. The molecule has 0 bridgehead atoms. The zero-order valence-electron chi connectivity index (χ0n) is 8.68. The minimum Gasteiger partial charge on any atom is -0.359 e. The van der Waals surface area contributed by atoms with Gasteiger partial charge in [-0.1, -0.05) is 0 Å². The third kappa shape index (κ3) is 1.87. The lowest BCUT2D eigenvalue weighted by Crippen LogP contribution is -2.49. The lowest BCUT2D eigenvalue weighted by atomic mass is 9.88. The third-order valence-electron chi connectivity index (χ3n) is 3.48. The van der Waals surface area contributed by atoms with E-state index in [0.29, 0.717) is 5.92 Å². The Morgan fingerprint density at radius 1 is 1.38 bits per heavy atom. The molecule has 1 atom stereocenters. The van der Waals surface area contributed by atoms with Crippen molar-refractivity contribution in [3.05, 3.63) is 0 Å². The van der Waals surface area contributed by atoms with Crippen LogP contribution in [0.1, 0.15) is 19.8 Å². The van der Waals surface area contributed by atoms with Crippen molar-refractivity contribution in [3.8, 4) is 0 Å². The summed E-state index contributed by atoms with van der Waals surface area (Å²) in [5.74, 6) is 0.700. The van der Waals surface area contributed by atoms with Crippen LogP contribution in [0.5, 0.6) is 0 Å². The molecule has 0 aromatic rings. The first-order valence-electron chi connectivity index (χ1n) is 5.28. The monoisotopic (exact) mass is 184 g/mol. The third-order valence-corrected chi connectivity index (χ3v) is 3.48. The van der Waals surface area contributed by atoms with Crippen LogP contribution in [-0.2, 0) is 4.74 Å². The SMILES string of the molecule is CN1CCC(C2(C)NCCO2)CC1. The van der Waals surface area contributed by atoms with Gasteiger partial charge in [0, 0.05) is 12.5 Å². The van der Waals surface area contributed by atoms with Gasteiger partial charge in [0.2, 0.25) is 0 Å². The molecular weight excluding hydrogens is 164 g/mol. The summed E-state index contributed by atoms with van der Waals surface area (Å²) in [6.07, 6.45) is 2.53. The molecule has 3 nitrogen and oxygen atoms in total. The number of piperidine rings is 1. The maximum Gasteiger partial charge on any atom is 0.119 e. The normalized spacial score (nSPS) is 38.3. The van der Waals surface area contributed by atoms with E-state index in [4.69, 9.17) is 4.74 Å². The van der Waals surface area contributed by atoms with Crippen LogP contribution in [-0.4, -0.2) is 43.9 Å². The molecule has 1 unspecified atom stereocenters. The number of nitrogens with zero attached hydrogens (tertiary/aromatic N) is 1. The molecule has 13 heavy (non-hydrogen) atoms.